The van der Waals surface area contributed by atoms with Crippen LogP contribution in [0.15, 0.2) is 36.7 Å². The third-order valence-electron chi connectivity index (χ3n) is 5.48. The SMILES string of the molecule is CC(C)c1cccc(-c2ncc(C(=O)NC3CCN(C(=O)C(C)(C)C)CC3)cn2)c1. The molecule has 0 aliphatic carbocycles. The average molecular weight is 409 g/mol. The molecule has 1 fully saturated rings. The monoisotopic (exact) mass is 408 g/mol. The summed E-state index contributed by atoms with van der Waals surface area (Å²) in [5.41, 5.74) is 2.26. The largest absolute Gasteiger partial charge is 0.349 e. The topological polar surface area (TPSA) is 75.2 Å². The maximum absolute atomic E-state index is 12.6. The van der Waals surface area contributed by atoms with E-state index in [1.807, 2.05) is 37.8 Å². The Kier molecular flexibility index (Phi) is 6.54. The molecule has 0 bridgehead atoms. The second-order valence-electron chi connectivity index (χ2n) is 9.37. The molecule has 2 amide bonds. The van der Waals surface area contributed by atoms with E-state index in [-0.39, 0.29) is 23.3 Å². The number of rotatable bonds is 4. The molecule has 0 saturated carbocycles. The third kappa shape index (κ3) is 5.23. The maximum atomic E-state index is 12.6. The number of benzene rings is 1. The number of nitrogens with one attached hydrogen (secondary N) is 1. The van der Waals surface area contributed by atoms with Gasteiger partial charge in [0.05, 0.1) is 5.56 Å². The van der Waals surface area contributed by atoms with Crippen LogP contribution in [0.4, 0.5) is 0 Å². The van der Waals surface area contributed by atoms with E-state index in [1.54, 1.807) is 12.4 Å². The zero-order chi connectivity index (χ0) is 21.9. The summed E-state index contributed by atoms with van der Waals surface area (Å²) in [6, 6.07) is 8.23. The Bertz CT molecular complexity index is 892. The molecule has 0 spiro atoms. The van der Waals surface area contributed by atoms with Gasteiger partial charge in [-0.25, -0.2) is 9.97 Å². The molecule has 30 heavy (non-hydrogen) atoms. The lowest BCUT2D eigenvalue weighted by Gasteiger charge is -2.36. The lowest BCUT2D eigenvalue weighted by molar-refractivity contribution is -0.140. The molecule has 6 nitrogen and oxygen atoms in total. The fourth-order valence-electron chi connectivity index (χ4n) is 3.60. The van der Waals surface area contributed by atoms with Gasteiger partial charge in [0.2, 0.25) is 5.91 Å². The summed E-state index contributed by atoms with van der Waals surface area (Å²) < 4.78 is 0. The smallest absolute Gasteiger partial charge is 0.254 e. The predicted molar refractivity (Wildman–Crippen MR) is 118 cm³/mol. The van der Waals surface area contributed by atoms with Crippen LogP contribution in [0, 0.1) is 5.41 Å². The van der Waals surface area contributed by atoms with Gasteiger partial charge in [0.1, 0.15) is 0 Å². The molecule has 3 rings (SSSR count). The summed E-state index contributed by atoms with van der Waals surface area (Å²) in [6.45, 7) is 11.4. The molecule has 1 aromatic heterocycles. The zero-order valence-corrected chi connectivity index (χ0v) is 18.6. The number of piperidine rings is 1. The van der Waals surface area contributed by atoms with Crippen molar-refractivity contribution in [1.29, 1.82) is 0 Å². The molecule has 2 heterocycles. The van der Waals surface area contributed by atoms with Gasteiger partial charge in [-0.2, -0.15) is 0 Å². The Hall–Kier alpha value is -2.76. The second-order valence-corrected chi connectivity index (χ2v) is 9.37. The van der Waals surface area contributed by atoms with E-state index in [4.69, 9.17) is 0 Å². The number of hydrogen-bond donors (Lipinski definition) is 1. The molecule has 160 valence electrons. The van der Waals surface area contributed by atoms with Crippen LogP contribution in [-0.2, 0) is 4.79 Å². The molecule has 0 radical (unpaired) electrons. The predicted octanol–water partition coefficient (Wildman–Crippen LogP) is 4.03. The number of carbonyl (C=O) groups excluding carboxylic acids is 2. The molecule has 1 N–H and O–H groups in total. The van der Waals surface area contributed by atoms with Crippen molar-refractivity contribution in [1.82, 2.24) is 20.2 Å². The highest BCUT2D eigenvalue weighted by Crippen LogP contribution is 2.22. The van der Waals surface area contributed by atoms with Crippen molar-refractivity contribution < 1.29 is 9.59 Å². The summed E-state index contributed by atoms with van der Waals surface area (Å²) in [5, 5.41) is 3.06. The summed E-state index contributed by atoms with van der Waals surface area (Å²) in [5.74, 6) is 1.04. The standard InChI is InChI=1S/C24H32N4O2/c1-16(2)17-7-6-8-18(13-17)21-25-14-19(15-26-21)22(29)27-20-9-11-28(12-10-20)23(30)24(3,4)5/h6-8,13-16,20H,9-12H2,1-5H3,(H,27,29). The van der Waals surface area contributed by atoms with Gasteiger partial charge >= 0.3 is 0 Å². The summed E-state index contributed by atoms with van der Waals surface area (Å²) in [7, 11) is 0. The molecule has 1 aliphatic rings. The van der Waals surface area contributed by atoms with Crippen molar-refractivity contribution in [3.8, 4) is 11.4 Å². The fourth-order valence-corrected chi connectivity index (χ4v) is 3.60. The van der Waals surface area contributed by atoms with Crippen LogP contribution < -0.4 is 5.32 Å². The van der Waals surface area contributed by atoms with Crippen molar-refractivity contribution in [2.24, 2.45) is 5.41 Å². The van der Waals surface area contributed by atoms with E-state index >= 15 is 0 Å². The van der Waals surface area contributed by atoms with Crippen LogP contribution in [0.2, 0.25) is 0 Å². The molecule has 1 aromatic carbocycles. The number of amides is 2. The number of carbonyl (C=O) groups is 2. The first kappa shape index (κ1) is 21.9. The number of nitrogens with zero attached hydrogens (tertiary/aromatic N) is 3. The maximum Gasteiger partial charge on any atom is 0.254 e. The first-order chi connectivity index (χ1) is 14.1. The van der Waals surface area contributed by atoms with Crippen molar-refractivity contribution in [2.75, 3.05) is 13.1 Å². The highest BCUT2D eigenvalue weighted by molar-refractivity contribution is 5.94. The van der Waals surface area contributed by atoms with Gasteiger partial charge in [-0.3, -0.25) is 9.59 Å². The number of hydrogen-bond acceptors (Lipinski definition) is 4. The molecule has 0 atom stereocenters. The molecule has 0 unspecified atom stereocenters. The van der Waals surface area contributed by atoms with Crippen molar-refractivity contribution in [3.63, 3.8) is 0 Å². The minimum Gasteiger partial charge on any atom is -0.349 e. The molecule has 2 aromatic rings. The van der Waals surface area contributed by atoms with Gasteiger partial charge in [-0.05, 0) is 30.4 Å². The van der Waals surface area contributed by atoms with E-state index in [0.717, 1.165) is 18.4 Å². The van der Waals surface area contributed by atoms with E-state index < -0.39 is 0 Å². The molecular weight excluding hydrogens is 376 g/mol. The Labute approximate surface area is 179 Å². The third-order valence-corrected chi connectivity index (χ3v) is 5.48. The normalized spacial score (nSPS) is 15.3. The zero-order valence-electron chi connectivity index (χ0n) is 18.6. The lowest BCUT2D eigenvalue weighted by atomic mass is 9.93. The van der Waals surface area contributed by atoms with Gasteiger partial charge in [-0.1, -0.05) is 52.8 Å². The van der Waals surface area contributed by atoms with Gasteiger partial charge in [0, 0.05) is 42.5 Å². The van der Waals surface area contributed by atoms with Gasteiger partial charge in [-0.15, -0.1) is 0 Å². The van der Waals surface area contributed by atoms with Gasteiger partial charge in [0.25, 0.3) is 5.91 Å². The first-order valence-electron chi connectivity index (χ1n) is 10.7. The van der Waals surface area contributed by atoms with Crippen molar-refractivity contribution in [2.45, 2.75) is 59.4 Å². The minimum atomic E-state index is -0.371. The second kappa shape index (κ2) is 8.94. The summed E-state index contributed by atoms with van der Waals surface area (Å²) >= 11 is 0. The molecule has 6 heteroatoms. The Morgan fingerprint density at radius 2 is 1.73 bits per heavy atom. The van der Waals surface area contributed by atoms with Gasteiger partial charge in [0.15, 0.2) is 5.82 Å². The average Bonchev–Trinajstić information content (AvgIpc) is 2.73. The Morgan fingerprint density at radius 3 is 2.30 bits per heavy atom. The van der Waals surface area contributed by atoms with E-state index in [1.165, 1.54) is 5.56 Å². The Balaban J connectivity index is 1.58. The summed E-state index contributed by atoms with van der Waals surface area (Å²) in [4.78, 5) is 35.7. The van der Waals surface area contributed by atoms with Crippen LogP contribution in [0.1, 0.15) is 69.3 Å². The van der Waals surface area contributed by atoms with Crippen LogP contribution in [0.25, 0.3) is 11.4 Å². The summed E-state index contributed by atoms with van der Waals surface area (Å²) in [6.07, 6.45) is 4.68. The molecule has 1 saturated heterocycles. The van der Waals surface area contributed by atoms with Gasteiger partial charge < -0.3 is 10.2 Å². The molecular formula is C24H32N4O2. The number of aromatic nitrogens is 2. The van der Waals surface area contributed by atoms with Crippen molar-refractivity contribution in [3.05, 3.63) is 47.8 Å². The molecule has 1 aliphatic heterocycles. The van der Waals surface area contributed by atoms with E-state index in [0.29, 0.717) is 30.4 Å². The highest BCUT2D eigenvalue weighted by atomic mass is 16.2. The highest BCUT2D eigenvalue weighted by Gasteiger charge is 2.30. The quantitative estimate of drug-likeness (QED) is 0.829. The van der Waals surface area contributed by atoms with Crippen LogP contribution in [0.5, 0.6) is 0 Å². The first-order valence-corrected chi connectivity index (χ1v) is 10.7. The van der Waals surface area contributed by atoms with Crippen LogP contribution >= 0.6 is 0 Å². The van der Waals surface area contributed by atoms with Crippen molar-refractivity contribution >= 4 is 11.8 Å². The Morgan fingerprint density at radius 1 is 1.10 bits per heavy atom. The van der Waals surface area contributed by atoms with E-state index in [9.17, 15) is 9.59 Å². The lowest BCUT2D eigenvalue weighted by Crippen LogP contribution is -2.49. The fraction of sp³-hybridized carbons (Fsp3) is 0.500. The number of likely N-dealkylation sites (tertiary alicyclic amines) is 1. The minimum absolute atomic E-state index is 0.0592. The van der Waals surface area contributed by atoms with Crippen LogP contribution in [-0.4, -0.2) is 45.8 Å². The van der Waals surface area contributed by atoms with E-state index in [2.05, 4.69) is 41.3 Å². The van der Waals surface area contributed by atoms with Crippen LogP contribution in [0.3, 0.4) is 0 Å².